The summed E-state index contributed by atoms with van der Waals surface area (Å²) in [4.78, 5) is 12.3. The summed E-state index contributed by atoms with van der Waals surface area (Å²) in [6.45, 7) is 1.12. The number of benzene rings is 3. The first-order chi connectivity index (χ1) is 14.5. The Morgan fingerprint density at radius 1 is 0.967 bits per heavy atom. The second kappa shape index (κ2) is 9.02. The third-order valence-corrected chi connectivity index (χ3v) is 5.11. The quantitative estimate of drug-likeness (QED) is 0.504. The Morgan fingerprint density at radius 3 is 2.37 bits per heavy atom. The number of anilines is 1. The summed E-state index contributed by atoms with van der Waals surface area (Å²) in [5.41, 5.74) is 1.45. The number of amides is 1. The van der Waals surface area contributed by atoms with Crippen LogP contribution in [0.3, 0.4) is 0 Å². The van der Waals surface area contributed by atoms with Crippen molar-refractivity contribution in [2.75, 3.05) is 18.5 Å². The van der Waals surface area contributed by atoms with Crippen LogP contribution in [0.25, 0.3) is 0 Å². The van der Waals surface area contributed by atoms with Crippen molar-refractivity contribution in [2.24, 2.45) is 0 Å². The van der Waals surface area contributed by atoms with Crippen molar-refractivity contribution in [1.82, 2.24) is 0 Å². The van der Waals surface area contributed by atoms with Crippen molar-refractivity contribution in [3.05, 3.63) is 87.7 Å². The van der Waals surface area contributed by atoms with Crippen LogP contribution >= 0.6 is 23.2 Å². The van der Waals surface area contributed by atoms with Gasteiger partial charge in [-0.2, -0.15) is 0 Å². The Bertz CT molecular complexity index is 1070. The van der Waals surface area contributed by atoms with E-state index in [9.17, 15) is 9.18 Å². The minimum atomic E-state index is -0.617. The number of hydrogen-bond acceptors (Lipinski definition) is 4. The summed E-state index contributed by atoms with van der Waals surface area (Å²) < 4.78 is 30.9. The van der Waals surface area contributed by atoms with E-state index in [0.717, 1.165) is 5.56 Å². The molecule has 8 heteroatoms. The molecule has 3 aromatic rings. The van der Waals surface area contributed by atoms with Crippen molar-refractivity contribution >= 4 is 34.8 Å². The fourth-order valence-electron chi connectivity index (χ4n) is 2.87. The van der Waals surface area contributed by atoms with Gasteiger partial charge in [0.15, 0.2) is 17.9 Å². The lowest BCUT2D eigenvalue weighted by atomic mass is 10.2. The van der Waals surface area contributed by atoms with Crippen LogP contribution in [0.1, 0.15) is 22.2 Å². The number of nitrogens with one attached hydrogen (secondary N) is 1. The van der Waals surface area contributed by atoms with E-state index in [1.165, 1.54) is 30.3 Å². The van der Waals surface area contributed by atoms with Gasteiger partial charge < -0.3 is 19.5 Å². The van der Waals surface area contributed by atoms with Gasteiger partial charge in [-0.15, -0.1) is 0 Å². The Hall–Kier alpha value is -2.64. The summed E-state index contributed by atoms with van der Waals surface area (Å²) in [6, 6.07) is 15.7. The maximum absolute atomic E-state index is 14.5. The molecular weight excluding hydrogens is 432 g/mol. The van der Waals surface area contributed by atoms with Crippen LogP contribution in [0.2, 0.25) is 10.0 Å². The number of hydrogen-bond donors (Lipinski definition) is 1. The highest BCUT2D eigenvalue weighted by Gasteiger charge is 2.18. The lowest BCUT2D eigenvalue weighted by molar-refractivity contribution is -0.0441. The molecule has 4 rings (SSSR count). The molecule has 0 atom stereocenters. The van der Waals surface area contributed by atoms with Crippen molar-refractivity contribution < 1.29 is 23.4 Å². The molecule has 1 aliphatic rings. The molecule has 1 aliphatic heterocycles. The first-order valence-electron chi connectivity index (χ1n) is 9.06. The zero-order valence-corrected chi connectivity index (χ0v) is 17.0. The topological polar surface area (TPSA) is 56.8 Å². The Balaban J connectivity index is 1.42. The molecule has 1 saturated heterocycles. The SMILES string of the molecule is O=C(Nc1ccc(Oc2ccc(C3OCCO3)cc2)c(F)c1)c1ccc(Cl)c(Cl)c1. The maximum Gasteiger partial charge on any atom is 0.255 e. The van der Waals surface area contributed by atoms with Crippen molar-refractivity contribution in [3.63, 3.8) is 0 Å². The molecule has 0 radical (unpaired) electrons. The number of carbonyl (C=O) groups is 1. The van der Waals surface area contributed by atoms with E-state index in [1.54, 1.807) is 30.3 Å². The van der Waals surface area contributed by atoms with Gasteiger partial charge in [-0.3, -0.25) is 4.79 Å². The van der Waals surface area contributed by atoms with E-state index in [0.29, 0.717) is 29.5 Å². The summed E-state index contributed by atoms with van der Waals surface area (Å²) >= 11 is 11.8. The summed E-state index contributed by atoms with van der Waals surface area (Å²) in [7, 11) is 0. The van der Waals surface area contributed by atoms with Gasteiger partial charge in [-0.05, 0) is 42.5 Å². The normalized spacial score (nSPS) is 14.0. The van der Waals surface area contributed by atoms with E-state index >= 15 is 0 Å². The molecule has 0 saturated carbocycles. The zero-order chi connectivity index (χ0) is 21.1. The molecule has 1 heterocycles. The maximum atomic E-state index is 14.5. The first kappa shape index (κ1) is 20.6. The fourth-order valence-corrected chi connectivity index (χ4v) is 3.17. The van der Waals surface area contributed by atoms with Crippen LogP contribution < -0.4 is 10.1 Å². The van der Waals surface area contributed by atoms with Gasteiger partial charge in [0.2, 0.25) is 0 Å². The average Bonchev–Trinajstić information content (AvgIpc) is 3.27. The number of halogens is 3. The lowest BCUT2D eigenvalue weighted by Gasteiger charge is -2.12. The summed E-state index contributed by atoms with van der Waals surface area (Å²) in [5.74, 6) is -0.561. The van der Waals surface area contributed by atoms with Gasteiger partial charge in [0.1, 0.15) is 5.75 Å². The summed E-state index contributed by atoms with van der Waals surface area (Å²) in [5, 5.41) is 3.22. The van der Waals surface area contributed by atoms with Gasteiger partial charge >= 0.3 is 0 Å². The highest BCUT2D eigenvalue weighted by atomic mass is 35.5. The second-order valence-electron chi connectivity index (χ2n) is 6.47. The molecule has 0 aromatic heterocycles. The molecular formula is C22H16Cl2FNO4. The van der Waals surface area contributed by atoms with E-state index in [-0.39, 0.29) is 22.7 Å². The van der Waals surface area contributed by atoms with E-state index in [2.05, 4.69) is 5.32 Å². The third-order valence-electron chi connectivity index (χ3n) is 4.37. The Kier molecular flexibility index (Phi) is 6.20. The average molecular weight is 448 g/mol. The molecule has 0 bridgehead atoms. The zero-order valence-electron chi connectivity index (χ0n) is 15.5. The fraction of sp³-hybridized carbons (Fsp3) is 0.136. The Labute approximate surface area is 182 Å². The summed E-state index contributed by atoms with van der Waals surface area (Å²) in [6.07, 6.45) is -0.380. The molecule has 1 fully saturated rings. The van der Waals surface area contributed by atoms with Crippen LogP contribution in [0.5, 0.6) is 11.5 Å². The minimum Gasteiger partial charge on any atom is -0.454 e. The number of carbonyl (C=O) groups excluding carboxylic acids is 1. The van der Waals surface area contributed by atoms with Gasteiger partial charge in [-0.1, -0.05) is 35.3 Å². The van der Waals surface area contributed by atoms with E-state index < -0.39 is 11.7 Å². The van der Waals surface area contributed by atoms with Crippen molar-refractivity contribution in [2.45, 2.75) is 6.29 Å². The second-order valence-corrected chi connectivity index (χ2v) is 7.29. The highest BCUT2D eigenvalue weighted by Crippen LogP contribution is 2.30. The van der Waals surface area contributed by atoms with Crippen molar-refractivity contribution in [3.8, 4) is 11.5 Å². The van der Waals surface area contributed by atoms with Gasteiger partial charge in [0.25, 0.3) is 5.91 Å². The molecule has 1 N–H and O–H groups in total. The lowest BCUT2D eigenvalue weighted by Crippen LogP contribution is -2.12. The monoisotopic (exact) mass is 447 g/mol. The van der Waals surface area contributed by atoms with Crippen LogP contribution in [-0.4, -0.2) is 19.1 Å². The molecule has 5 nitrogen and oxygen atoms in total. The molecule has 0 spiro atoms. The Morgan fingerprint density at radius 2 is 1.70 bits per heavy atom. The largest absolute Gasteiger partial charge is 0.454 e. The molecule has 30 heavy (non-hydrogen) atoms. The van der Waals surface area contributed by atoms with Crippen LogP contribution in [0.4, 0.5) is 10.1 Å². The first-order valence-corrected chi connectivity index (χ1v) is 9.82. The molecule has 1 amide bonds. The van der Waals surface area contributed by atoms with Crippen LogP contribution in [-0.2, 0) is 9.47 Å². The minimum absolute atomic E-state index is 0.0312. The smallest absolute Gasteiger partial charge is 0.255 e. The molecule has 0 aliphatic carbocycles. The third kappa shape index (κ3) is 4.74. The number of ether oxygens (including phenoxy) is 3. The van der Waals surface area contributed by atoms with Crippen LogP contribution in [0, 0.1) is 5.82 Å². The predicted molar refractivity (Wildman–Crippen MR) is 112 cm³/mol. The van der Waals surface area contributed by atoms with Gasteiger partial charge in [0, 0.05) is 22.9 Å². The van der Waals surface area contributed by atoms with Gasteiger partial charge in [-0.25, -0.2) is 4.39 Å². The number of rotatable bonds is 5. The van der Waals surface area contributed by atoms with Crippen LogP contribution in [0.15, 0.2) is 60.7 Å². The van der Waals surface area contributed by atoms with E-state index in [4.69, 9.17) is 37.4 Å². The predicted octanol–water partition coefficient (Wildman–Crippen LogP) is 6.22. The highest BCUT2D eigenvalue weighted by molar-refractivity contribution is 6.42. The standard InChI is InChI=1S/C22H16Cl2FNO4/c23-17-7-3-14(11-18(17)24)21(27)26-15-4-8-20(19(25)12-15)30-16-5-1-13(2-6-16)22-28-9-10-29-22/h1-8,11-12,22H,9-10H2,(H,26,27). The molecule has 0 unspecified atom stereocenters. The van der Waals surface area contributed by atoms with E-state index in [1.807, 2.05) is 0 Å². The molecule has 3 aromatic carbocycles. The molecule has 154 valence electrons. The van der Waals surface area contributed by atoms with Gasteiger partial charge in [0.05, 0.1) is 23.3 Å². The van der Waals surface area contributed by atoms with Crippen molar-refractivity contribution in [1.29, 1.82) is 0 Å².